The van der Waals surface area contributed by atoms with Gasteiger partial charge in [0.1, 0.15) is 20.8 Å². The van der Waals surface area contributed by atoms with Crippen LogP contribution in [0.5, 0.6) is 0 Å². The topological polar surface area (TPSA) is 42.3 Å². The average Bonchev–Trinajstić information content (AvgIpc) is 3.39. The van der Waals surface area contributed by atoms with Gasteiger partial charge in [-0.1, -0.05) is 23.9 Å². The first-order valence-corrected chi connectivity index (χ1v) is 12.5. The average molecular weight is 465 g/mol. The normalized spacial score (nSPS) is 15.8. The zero-order valence-corrected chi connectivity index (χ0v) is 20.6. The lowest BCUT2D eigenvalue weighted by Crippen LogP contribution is -2.36. The minimum Gasteiger partial charge on any atom is -0.398 e. The molecule has 164 valence electrons. The van der Waals surface area contributed by atoms with Crippen LogP contribution < -0.4 is 24.2 Å². The summed E-state index contributed by atoms with van der Waals surface area (Å²) in [5.74, 6) is 0.767. The van der Waals surface area contributed by atoms with Crippen LogP contribution in [0.3, 0.4) is 0 Å². The van der Waals surface area contributed by atoms with E-state index in [-0.39, 0.29) is 5.56 Å². The molecule has 5 rings (SSSR count). The molecule has 0 N–H and O–H groups in total. The molecule has 2 aromatic carbocycles. The molecule has 0 saturated carbocycles. The van der Waals surface area contributed by atoms with Crippen LogP contribution in [0.15, 0.2) is 50.5 Å². The van der Waals surface area contributed by atoms with E-state index in [4.69, 9.17) is 4.42 Å². The number of anilines is 1. The van der Waals surface area contributed by atoms with Gasteiger partial charge in [-0.3, -0.25) is 9.36 Å². The van der Waals surface area contributed by atoms with E-state index in [1.807, 2.05) is 36.7 Å². The Hall–Kier alpha value is -2.77. The highest BCUT2D eigenvalue weighted by Gasteiger charge is 2.25. The van der Waals surface area contributed by atoms with Gasteiger partial charge in [0.05, 0.1) is 11.8 Å². The summed E-state index contributed by atoms with van der Waals surface area (Å²) in [6.45, 7) is 9.76. The highest BCUT2D eigenvalue weighted by molar-refractivity contribution is 8.08. The van der Waals surface area contributed by atoms with Gasteiger partial charge in [0.25, 0.3) is 11.1 Å². The number of hydrogen-bond donors (Lipinski definition) is 0. The van der Waals surface area contributed by atoms with E-state index >= 15 is 0 Å². The molecule has 1 aliphatic rings. The smallest absolute Gasteiger partial charge is 0.377 e. The van der Waals surface area contributed by atoms with Gasteiger partial charge in [-0.05, 0) is 57.0 Å². The van der Waals surface area contributed by atoms with E-state index in [1.54, 1.807) is 11.8 Å². The Bertz CT molecular complexity index is 1540. The van der Waals surface area contributed by atoms with Crippen LogP contribution in [-0.2, 0) is 13.1 Å². The molecule has 0 saturated heterocycles. The predicted octanol–water partition coefficient (Wildman–Crippen LogP) is 3.74. The van der Waals surface area contributed by atoms with Gasteiger partial charge in [-0.25, -0.2) is 0 Å². The van der Waals surface area contributed by atoms with Crippen LogP contribution in [0, 0.1) is 13.8 Å². The molecule has 4 aromatic rings. The molecule has 0 aliphatic carbocycles. The largest absolute Gasteiger partial charge is 0.398 e. The second kappa shape index (κ2) is 7.98. The molecule has 0 unspecified atom stereocenters. The number of rotatable bonds is 3. The highest BCUT2D eigenvalue weighted by Crippen LogP contribution is 2.44. The maximum atomic E-state index is 13.4. The molecule has 2 aromatic heterocycles. The Morgan fingerprint density at radius 3 is 2.59 bits per heavy atom. The van der Waals surface area contributed by atoms with Gasteiger partial charge in [-0.15, -0.1) is 11.3 Å². The fourth-order valence-electron chi connectivity index (χ4n) is 4.16. The van der Waals surface area contributed by atoms with Crippen molar-refractivity contribution in [3.05, 3.63) is 73.0 Å². The minimum absolute atomic E-state index is 0.0526. The van der Waals surface area contributed by atoms with Crippen molar-refractivity contribution in [1.29, 1.82) is 0 Å². The van der Waals surface area contributed by atoms with Gasteiger partial charge >= 0.3 is 5.89 Å². The SMILES string of the molecule is CCn1c(=O)/c(=C2/Sc3ccccc3N2C)s/c1=C/c1oc2cc(C)c(C)cc2[n+]1CC. The van der Waals surface area contributed by atoms with Crippen molar-refractivity contribution in [2.24, 2.45) is 0 Å². The summed E-state index contributed by atoms with van der Waals surface area (Å²) in [6.07, 6.45) is 2.01. The molecule has 32 heavy (non-hydrogen) atoms. The summed E-state index contributed by atoms with van der Waals surface area (Å²) in [5, 5.41) is 0.988. The first kappa shape index (κ1) is 21.1. The molecule has 0 radical (unpaired) electrons. The molecule has 7 heteroatoms. The molecule has 0 fully saturated rings. The summed E-state index contributed by atoms with van der Waals surface area (Å²) < 4.78 is 11.9. The summed E-state index contributed by atoms with van der Waals surface area (Å²) in [7, 11) is 2.03. The van der Waals surface area contributed by atoms with E-state index in [2.05, 4.69) is 54.5 Å². The maximum absolute atomic E-state index is 13.4. The third-order valence-electron chi connectivity index (χ3n) is 6.07. The second-order valence-corrected chi connectivity index (χ2v) is 10.0. The van der Waals surface area contributed by atoms with Crippen molar-refractivity contribution in [2.45, 2.75) is 45.7 Å². The molecule has 1 aliphatic heterocycles. The van der Waals surface area contributed by atoms with Crippen LogP contribution in [0.2, 0.25) is 0 Å². The van der Waals surface area contributed by atoms with E-state index < -0.39 is 0 Å². The van der Waals surface area contributed by atoms with Gasteiger partial charge < -0.3 is 9.32 Å². The van der Waals surface area contributed by atoms with Crippen LogP contribution in [0.4, 0.5) is 5.69 Å². The standard InChI is InChI=1S/C25H26N3O2S2/c1-6-27-18-12-15(3)16(4)13-19(18)30-21(27)14-22-28(7-2)24(29)23(32-22)25-26(5)17-10-8-9-11-20(17)31-25/h8-14H,6-7H2,1-5H3/q+1/b25-23-. The molecule has 0 amide bonds. The summed E-state index contributed by atoms with van der Waals surface area (Å²) in [6, 6.07) is 12.5. The van der Waals surface area contributed by atoms with Crippen molar-refractivity contribution in [1.82, 2.24) is 4.57 Å². The molecule has 0 bridgehead atoms. The molecule has 0 atom stereocenters. The van der Waals surface area contributed by atoms with E-state index in [0.29, 0.717) is 6.54 Å². The number of fused-ring (bicyclic) bond motifs is 2. The number of hydrogen-bond acceptors (Lipinski definition) is 5. The molecular weight excluding hydrogens is 438 g/mol. The van der Waals surface area contributed by atoms with Gasteiger partial charge in [0.2, 0.25) is 5.58 Å². The first-order valence-electron chi connectivity index (χ1n) is 10.8. The van der Waals surface area contributed by atoms with Crippen molar-refractivity contribution in [3.63, 3.8) is 0 Å². The van der Waals surface area contributed by atoms with E-state index in [9.17, 15) is 4.79 Å². The highest BCUT2D eigenvalue weighted by atomic mass is 32.2. The van der Waals surface area contributed by atoms with Crippen molar-refractivity contribution in [2.75, 3.05) is 11.9 Å². The quantitative estimate of drug-likeness (QED) is 0.433. The first-order chi connectivity index (χ1) is 15.4. The Labute approximate surface area is 194 Å². The zero-order valence-electron chi connectivity index (χ0n) is 18.9. The Morgan fingerprint density at radius 1 is 1.12 bits per heavy atom. The number of oxazole rings is 1. The minimum atomic E-state index is 0.0526. The number of para-hydroxylation sites is 1. The monoisotopic (exact) mass is 464 g/mol. The molecule has 3 heterocycles. The van der Waals surface area contributed by atoms with Crippen LogP contribution in [0.25, 0.3) is 22.2 Å². The lowest BCUT2D eigenvalue weighted by Gasteiger charge is -2.11. The third kappa shape index (κ3) is 3.22. The lowest BCUT2D eigenvalue weighted by atomic mass is 10.1. The number of aromatic nitrogens is 2. The van der Waals surface area contributed by atoms with Crippen LogP contribution in [0.1, 0.15) is 30.9 Å². The fourth-order valence-corrected chi connectivity index (χ4v) is 6.60. The predicted molar refractivity (Wildman–Crippen MR) is 133 cm³/mol. The van der Waals surface area contributed by atoms with Crippen LogP contribution in [-0.4, -0.2) is 11.6 Å². The Kier molecular flexibility index (Phi) is 5.26. The van der Waals surface area contributed by atoms with Crippen molar-refractivity contribution in [3.8, 4) is 0 Å². The number of aryl methyl sites for hydroxylation is 3. The van der Waals surface area contributed by atoms with Crippen molar-refractivity contribution >= 4 is 51.0 Å². The third-order valence-corrected chi connectivity index (χ3v) is 8.56. The maximum Gasteiger partial charge on any atom is 0.377 e. The van der Waals surface area contributed by atoms with Gasteiger partial charge in [0, 0.05) is 24.6 Å². The number of thioether (sulfide) groups is 1. The van der Waals surface area contributed by atoms with Gasteiger partial charge in [0.15, 0.2) is 0 Å². The van der Waals surface area contributed by atoms with E-state index in [1.165, 1.54) is 27.4 Å². The molecular formula is C25H26N3O2S2+. The van der Waals surface area contributed by atoms with Crippen LogP contribution >= 0.6 is 23.1 Å². The second-order valence-electron chi connectivity index (χ2n) is 7.99. The van der Waals surface area contributed by atoms with Crippen molar-refractivity contribution < 1.29 is 8.98 Å². The number of benzene rings is 2. The number of nitrogens with zero attached hydrogens (tertiary/aromatic N) is 3. The molecule has 0 spiro atoms. The zero-order chi connectivity index (χ0) is 22.6. The summed E-state index contributed by atoms with van der Waals surface area (Å²) >= 11 is 3.20. The Morgan fingerprint density at radius 2 is 1.88 bits per heavy atom. The fraction of sp³-hybridized carbons (Fsp3) is 0.280. The van der Waals surface area contributed by atoms with E-state index in [0.717, 1.165) is 43.4 Å². The Balaban J connectivity index is 1.74. The summed E-state index contributed by atoms with van der Waals surface area (Å²) in [4.78, 5) is 16.7. The van der Waals surface area contributed by atoms with Gasteiger partial charge in [-0.2, -0.15) is 4.57 Å². The molecule has 5 nitrogen and oxygen atoms in total. The summed E-state index contributed by atoms with van der Waals surface area (Å²) in [5.41, 5.74) is 5.60. The number of thiazole rings is 1. The lowest BCUT2D eigenvalue weighted by molar-refractivity contribution is -0.674.